The van der Waals surface area contributed by atoms with E-state index in [2.05, 4.69) is 22.8 Å². The fraction of sp³-hybridized carbons (Fsp3) is 0.300. The maximum absolute atomic E-state index is 13.8. The van der Waals surface area contributed by atoms with Crippen molar-refractivity contribution >= 4 is 28.8 Å². The zero-order chi connectivity index (χ0) is 26.1. The van der Waals surface area contributed by atoms with E-state index in [1.165, 1.54) is 0 Å². The lowest BCUT2D eigenvalue weighted by molar-refractivity contribution is -0.116. The Morgan fingerprint density at radius 1 is 1.03 bits per heavy atom. The summed E-state index contributed by atoms with van der Waals surface area (Å²) >= 11 is 6.39. The first-order chi connectivity index (χ1) is 17.8. The molecule has 0 fully saturated rings. The number of fused-ring (bicyclic) bond motifs is 1. The lowest BCUT2D eigenvalue weighted by atomic mass is 9.78. The van der Waals surface area contributed by atoms with Crippen molar-refractivity contribution in [1.82, 2.24) is 0 Å². The van der Waals surface area contributed by atoms with E-state index < -0.39 is 6.04 Å². The Bertz CT molecular complexity index is 1350. The van der Waals surface area contributed by atoms with Gasteiger partial charge < -0.3 is 25.2 Å². The highest BCUT2D eigenvalue weighted by Gasteiger charge is 2.36. The fourth-order valence-electron chi connectivity index (χ4n) is 5.09. The summed E-state index contributed by atoms with van der Waals surface area (Å²) in [6.45, 7) is 6.23. The van der Waals surface area contributed by atoms with E-state index in [9.17, 15) is 9.90 Å². The number of rotatable bonds is 6. The number of benzene rings is 3. The van der Waals surface area contributed by atoms with Gasteiger partial charge in [-0.25, -0.2) is 0 Å². The van der Waals surface area contributed by atoms with Gasteiger partial charge in [-0.15, -0.1) is 0 Å². The molecule has 192 valence electrons. The van der Waals surface area contributed by atoms with Gasteiger partial charge in [0.25, 0.3) is 0 Å². The number of anilines is 2. The molecule has 3 N–H and O–H groups in total. The molecule has 2 atom stereocenters. The number of halogens is 1. The second kappa shape index (κ2) is 10.4. The van der Waals surface area contributed by atoms with Crippen molar-refractivity contribution < 1.29 is 19.4 Å². The minimum absolute atomic E-state index is 0.0418. The molecule has 37 heavy (non-hydrogen) atoms. The van der Waals surface area contributed by atoms with Gasteiger partial charge in [-0.2, -0.15) is 0 Å². The molecule has 0 saturated carbocycles. The molecule has 6 nitrogen and oxygen atoms in total. The molecule has 1 aliphatic heterocycles. The second-order valence-electron chi connectivity index (χ2n) is 9.69. The van der Waals surface area contributed by atoms with Crippen LogP contribution in [0.1, 0.15) is 56.7 Å². The normalized spacial score (nSPS) is 18.9. The minimum Gasteiger partial charge on any atom is -0.503 e. The number of hydrogen-bond donors (Lipinski definition) is 3. The third kappa shape index (κ3) is 5.12. The molecule has 2 unspecified atom stereocenters. The van der Waals surface area contributed by atoms with E-state index in [-0.39, 0.29) is 28.6 Å². The highest BCUT2D eigenvalue weighted by molar-refractivity contribution is 6.32. The smallest absolute Gasteiger partial charge is 0.176 e. The molecule has 0 amide bonds. The maximum atomic E-state index is 13.8. The van der Waals surface area contributed by atoms with Crippen molar-refractivity contribution in [2.45, 2.75) is 51.7 Å². The zero-order valence-corrected chi connectivity index (χ0v) is 21.9. The Morgan fingerprint density at radius 3 is 2.46 bits per heavy atom. The zero-order valence-electron chi connectivity index (χ0n) is 21.2. The SMILES string of the molecule is CCOc1cc(C2Nc3ccccc3NC3=C2C(=O)CC(c2ccc(OC(C)C)cc2)C3)cc(Cl)c1O. The van der Waals surface area contributed by atoms with Crippen molar-refractivity contribution in [3.8, 4) is 17.2 Å². The van der Waals surface area contributed by atoms with Crippen LogP contribution in [0, 0.1) is 0 Å². The lowest BCUT2D eigenvalue weighted by Crippen LogP contribution is -2.27. The average molecular weight is 519 g/mol. The molecule has 1 heterocycles. The van der Waals surface area contributed by atoms with Gasteiger partial charge in [0.2, 0.25) is 0 Å². The summed E-state index contributed by atoms with van der Waals surface area (Å²) in [6, 6.07) is 18.9. The average Bonchev–Trinajstić information content (AvgIpc) is 3.04. The van der Waals surface area contributed by atoms with E-state index >= 15 is 0 Å². The van der Waals surface area contributed by atoms with Gasteiger partial charge in [0.15, 0.2) is 17.3 Å². The Labute approximate surface area is 222 Å². The van der Waals surface area contributed by atoms with Crippen molar-refractivity contribution in [1.29, 1.82) is 0 Å². The number of carbonyl (C=O) groups excluding carboxylic acids is 1. The summed E-state index contributed by atoms with van der Waals surface area (Å²) in [7, 11) is 0. The van der Waals surface area contributed by atoms with Gasteiger partial charge in [-0.05, 0) is 80.6 Å². The van der Waals surface area contributed by atoms with Crippen molar-refractivity contribution in [2.24, 2.45) is 0 Å². The number of carbonyl (C=O) groups is 1. The quantitative estimate of drug-likeness (QED) is 0.320. The standard InChI is InChI=1S/C30H31ClN2O4/c1-4-36-27-16-20(13-22(31)30(27)35)29-28-25(32-23-7-5-6-8-24(23)33-29)14-19(15-26(28)34)18-9-11-21(12-10-18)37-17(2)3/h5-13,16-17,19,29,32-33,35H,4,14-15H2,1-3H3. The summed E-state index contributed by atoms with van der Waals surface area (Å²) in [5.41, 5.74) is 5.19. The van der Waals surface area contributed by atoms with Crippen LogP contribution in [0.2, 0.25) is 5.02 Å². The number of ether oxygens (including phenoxy) is 2. The Hall–Kier alpha value is -3.64. The number of allylic oxidation sites excluding steroid dienone is 1. The van der Waals surface area contributed by atoms with Gasteiger partial charge >= 0.3 is 0 Å². The first-order valence-corrected chi connectivity index (χ1v) is 13.0. The van der Waals surface area contributed by atoms with Crippen molar-refractivity contribution in [3.05, 3.63) is 88.1 Å². The predicted octanol–water partition coefficient (Wildman–Crippen LogP) is 7.21. The molecule has 2 aliphatic rings. The number of aromatic hydroxyl groups is 1. The Balaban J connectivity index is 1.56. The van der Waals surface area contributed by atoms with Crippen LogP contribution >= 0.6 is 11.6 Å². The molecule has 5 rings (SSSR count). The van der Waals surface area contributed by atoms with E-state index in [4.69, 9.17) is 21.1 Å². The van der Waals surface area contributed by atoms with Crippen LogP contribution in [0.15, 0.2) is 71.9 Å². The molecule has 7 heteroatoms. The molecule has 0 radical (unpaired) electrons. The fourth-order valence-corrected chi connectivity index (χ4v) is 5.31. The highest BCUT2D eigenvalue weighted by Crippen LogP contribution is 2.46. The van der Waals surface area contributed by atoms with Crippen molar-refractivity contribution in [2.75, 3.05) is 17.2 Å². The van der Waals surface area contributed by atoms with E-state index in [0.29, 0.717) is 30.8 Å². The number of phenolic OH excluding ortho intramolecular Hbond substituents is 1. The van der Waals surface area contributed by atoms with E-state index in [0.717, 1.165) is 33.9 Å². The third-order valence-corrected chi connectivity index (χ3v) is 7.00. The molecule has 3 aromatic carbocycles. The lowest BCUT2D eigenvalue weighted by Gasteiger charge is -2.30. The second-order valence-corrected chi connectivity index (χ2v) is 10.1. The number of phenols is 1. The largest absolute Gasteiger partial charge is 0.503 e. The molecule has 0 bridgehead atoms. The Kier molecular flexibility index (Phi) is 7.02. The summed E-state index contributed by atoms with van der Waals surface area (Å²) < 4.78 is 11.4. The van der Waals surface area contributed by atoms with Gasteiger partial charge in [-0.3, -0.25) is 4.79 Å². The topological polar surface area (TPSA) is 79.8 Å². The third-order valence-electron chi connectivity index (χ3n) is 6.72. The van der Waals surface area contributed by atoms with E-state index in [1.807, 2.05) is 57.2 Å². The first-order valence-electron chi connectivity index (χ1n) is 12.6. The van der Waals surface area contributed by atoms with Gasteiger partial charge in [0, 0.05) is 17.7 Å². The number of nitrogens with one attached hydrogen (secondary N) is 2. The predicted molar refractivity (Wildman–Crippen MR) is 147 cm³/mol. The maximum Gasteiger partial charge on any atom is 0.176 e. The van der Waals surface area contributed by atoms with Crippen molar-refractivity contribution in [3.63, 3.8) is 0 Å². The molecule has 0 aromatic heterocycles. The molecule has 0 saturated heterocycles. The van der Waals surface area contributed by atoms with Crippen LogP contribution in [0.3, 0.4) is 0 Å². The summed E-state index contributed by atoms with van der Waals surface area (Å²) in [5.74, 6) is 1.12. The highest BCUT2D eigenvalue weighted by atomic mass is 35.5. The summed E-state index contributed by atoms with van der Waals surface area (Å²) in [4.78, 5) is 13.8. The number of ketones is 1. The minimum atomic E-state index is -0.460. The number of hydrogen-bond acceptors (Lipinski definition) is 6. The van der Waals surface area contributed by atoms with Crippen LogP contribution < -0.4 is 20.1 Å². The van der Waals surface area contributed by atoms with Gasteiger partial charge in [-0.1, -0.05) is 35.9 Å². The molecule has 1 aliphatic carbocycles. The monoisotopic (exact) mass is 518 g/mol. The molecular weight excluding hydrogens is 488 g/mol. The van der Waals surface area contributed by atoms with Crippen LogP contribution in [-0.2, 0) is 4.79 Å². The number of Topliss-reactive ketones (excluding diaryl/α,β-unsaturated/α-hetero) is 1. The first kappa shape index (κ1) is 25.0. The number of para-hydroxylation sites is 2. The van der Waals surface area contributed by atoms with E-state index in [1.54, 1.807) is 12.1 Å². The summed E-state index contributed by atoms with van der Waals surface area (Å²) in [6.07, 6.45) is 1.18. The molecule has 0 spiro atoms. The van der Waals surface area contributed by atoms with Crippen LogP contribution in [-0.4, -0.2) is 23.6 Å². The van der Waals surface area contributed by atoms with Crippen LogP contribution in [0.5, 0.6) is 17.2 Å². The van der Waals surface area contributed by atoms with Crippen LogP contribution in [0.25, 0.3) is 0 Å². The van der Waals surface area contributed by atoms with Gasteiger partial charge in [0.1, 0.15) is 5.75 Å². The molecule has 3 aromatic rings. The molecular formula is C30H31ClN2O4. The van der Waals surface area contributed by atoms with Crippen LogP contribution in [0.4, 0.5) is 11.4 Å². The summed E-state index contributed by atoms with van der Waals surface area (Å²) in [5, 5.41) is 17.7. The Morgan fingerprint density at radius 2 is 1.76 bits per heavy atom. The van der Waals surface area contributed by atoms with Gasteiger partial charge in [0.05, 0.1) is 35.2 Å².